The summed E-state index contributed by atoms with van der Waals surface area (Å²) in [6, 6.07) is 8.50. The number of ether oxygens (including phenoxy) is 1. The minimum atomic E-state index is -0.00865. The van der Waals surface area contributed by atoms with Crippen molar-refractivity contribution >= 4 is 0 Å². The first-order valence-corrected chi connectivity index (χ1v) is 7.28. The number of hydrogen-bond acceptors (Lipinski definition) is 3. The lowest BCUT2D eigenvalue weighted by Gasteiger charge is -2.38. The second-order valence-electron chi connectivity index (χ2n) is 5.89. The molecule has 1 fully saturated rings. The number of piperidine rings is 1. The summed E-state index contributed by atoms with van der Waals surface area (Å²) in [7, 11) is 2.17. The monoisotopic (exact) mass is 262 g/mol. The topological polar surface area (TPSA) is 38.5 Å². The number of likely N-dealkylation sites (tertiary alicyclic amines) is 1. The molecule has 0 aliphatic carbocycles. The van der Waals surface area contributed by atoms with Gasteiger partial charge in [-0.05, 0) is 63.9 Å². The van der Waals surface area contributed by atoms with Crippen LogP contribution in [0, 0.1) is 0 Å². The molecular weight excluding hydrogens is 236 g/mol. The van der Waals surface area contributed by atoms with E-state index in [0.717, 1.165) is 51.1 Å². The first-order valence-electron chi connectivity index (χ1n) is 7.28. The molecule has 0 amide bonds. The molecule has 0 bridgehead atoms. The van der Waals surface area contributed by atoms with Gasteiger partial charge in [0.2, 0.25) is 0 Å². The molecule has 1 aromatic rings. The van der Waals surface area contributed by atoms with E-state index in [-0.39, 0.29) is 5.60 Å². The van der Waals surface area contributed by atoms with Gasteiger partial charge in [-0.2, -0.15) is 0 Å². The van der Waals surface area contributed by atoms with Crippen molar-refractivity contribution in [2.45, 2.75) is 38.2 Å². The maximum absolute atomic E-state index is 6.20. The van der Waals surface area contributed by atoms with Crippen LogP contribution in [-0.2, 0) is 6.42 Å². The largest absolute Gasteiger partial charge is 0.487 e. The van der Waals surface area contributed by atoms with Crippen LogP contribution in [0.15, 0.2) is 24.3 Å². The molecule has 1 heterocycles. The quantitative estimate of drug-likeness (QED) is 0.886. The van der Waals surface area contributed by atoms with Crippen molar-refractivity contribution in [3.63, 3.8) is 0 Å². The second-order valence-corrected chi connectivity index (χ2v) is 5.89. The fraction of sp³-hybridized carbons (Fsp3) is 0.625. The van der Waals surface area contributed by atoms with Gasteiger partial charge in [0, 0.05) is 13.1 Å². The highest BCUT2D eigenvalue weighted by Crippen LogP contribution is 2.28. The zero-order chi connectivity index (χ0) is 13.7. The van der Waals surface area contributed by atoms with E-state index in [1.165, 1.54) is 5.56 Å². The van der Waals surface area contributed by atoms with Crippen LogP contribution in [0.25, 0.3) is 0 Å². The molecule has 0 unspecified atom stereocenters. The Hall–Kier alpha value is -1.06. The Morgan fingerprint density at radius 3 is 2.42 bits per heavy atom. The number of aryl methyl sites for hydroxylation is 1. The van der Waals surface area contributed by atoms with E-state index in [0.29, 0.717) is 0 Å². The van der Waals surface area contributed by atoms with E-state index in [1.807, 2.05) is 0 Å². The van der Waals surface area contributed by atoms with Gasteiger partial charge >= 0.3 is 0 Å². The smallest absolute Gasteiger partial charge is 0.120 e. The third kappa shape index (κ3) is 4.22. The van der Waals surface area contributed by atoms with Crippen molar-refractivity contribution in [1.82, 2.24) is 4.90 Å². The first kappa shape index (κ1) is 14.4. The summed E-state index contributed by atoms with van der Waals surface area (Å²) in [5, 5.41) is 0. The van der Waals surface area contributed by atoms with Crippen molar-refractivity contribution in [3.05, 3.63) is 29.8 Å². The fourth-order valence-corrected chi connectivity index (χ4v) is 2.51. The third-order valence-electron chi connectivity index (χ3n) is 4.00. The molecule has 3 heteroatoms. The Labute approximate surface area is 116 Å². The molecule has 0 aromatic heterocycles. The lowest BCUT2D eigenvalue weighted by atomic mass is 9.93. The number of nitrogens with two attached hydrogens (primary N) is 1. The van der Waals surface area contributed by atoms with E-state index >= 15 is 0 Å². The molecule has 0 spiro atoms. The Bertz CT molecular complexity index is 380. The summed E-state index contributed by atoms with van der Waals surface area (Å²) in [6.07, 6.45) is 4.29. The molecule has 1 aliphatic rings. The zero-order valence-corrected chi connectivity index (χ0v) is 12.2. The summed E-state index contributed by atoms with van der Waals surface area (Å²) >= 11 is 0. The minimum Gasteiger partial charge on any atom is -0.487 e. The molecule has 0 radical (unpaired) electrons. The highest BCUT2D eigenvalue weighted by molar-refractivity contribution is 5.28. The van der Waals surface area contributed by atoms with Crippen molar-refractivity contribution in [1.29, 1.82) is 0 Å². The highest BCUT2D eigenvalue weighted by Gasteiger charge is 2.30. The average Bonchev–Trinajstić information content (AvgIpc) is 2.42. The highest BCUT2D eigenvalue weighted by atomic mass is 16.5. The molecule has 2 rings (SSSR count). The van der Waals surface area contributed by atoms with Gasteiger partial charge in [-0.15, -0.1) is 0 Å². The van der Waals surface area contributed by atoms with Gasteiger partial charge in [0.25, 0.3) is 0 Å². The average molecular weight is 262 g/mol. The maximum Gasteiger partial charge on any atom is 0.120 e. The lowest BCUT2D eigenvalue weighted by Crippen LogP contribution is -2.44. The molecule has 2 N–H and O–H groups in total. The van der Waals surface area contributed by atoms with Crippen LogP contribution >= 0.6 is 0 Å². The predicted octanol–water partition coefficient (Wildman–Crippen LogP) is 2.44. The molecule has 19 heavy (non-hydrogen) atoms. The minimum absolute atomic E-state index is 0.00865. The molecule has 0 saturated carbocycles. The summed E-state index contributed by atoms with van der Waals surface area (Å²) in [5.74, 6) is 0.989. The van der Waals surface area contributed by atoms with Gasteiger partial charge in [0.1, 0.15) is 11.4 Å². The summed E-state index contributed by atoms with van der Waals surface area (Å²) in [5.41, 5.74) is 6.86. The van der Waals surface area contributed by atoms with Gasteiger partial charge in [-0.3, -0.25) is 0 Å². The van der Waals surface area contributed by atoms with Crippen LogP contribution in [0.1, 0.15) is 31.7 Å². The second kappa shape index (κ2) is 6.40. The number of nitrogens with zero attached hydrogens (tertiary/aromatic N) is 1. The Balaban J connectivity index is 1.91. The SMILES string of the molecule is CN1CCC(C)(Oc2ccc(CCCN)cc2)CC1. The van der Waals surface area contributed by atoms with Crippen LogP contribution in [0.2, 0.25) is 0 Å². The molecule has 1 aromatic carbocycles. The molecular formula is C16H26N2O. The Morgan fingerprint density at radius 1 is 1.21 bits per heavy atom. The number of hydrogen-bond donors (Lipinski definition) is 1. The molecule has 1 aliphatic heterocycles. The van der Waals surface area contributed by atoms with Crippen molar-refractivity contribution in [2.75, 3.05) is 26.7 Å². The molecule has 0 atom stereocenters. The van der Waals surface area contributed by atoms with Gasteiger partial charge < -0.3 is 15.4 Å². The van der Waals surface area contributed by atoms with Gasteiger partial charge in [0.15, 0.2) is 0 Å². The summed E-state index contributed by atoms with van der Waals surface area (Å²) in [6.45, 7) is 5.21. The number of rotatable bonds is 5. The van der Waals surface area contributed by atoms with Crippen LogP contribution in [0.5, 0.6) is 5.75 Å². The first-order chi connectivity index (χ1) is 9.11. The van der Waals surface area contributed by atoms with Gasteiger partial charge in [-0.25, -0.2) is 0 Å². The van der Waals surface area contributed by atoms with Crippen LogP contribution in [0.3, 0.4) is 0 Å². The Morgan fingerprint density at radius 2 is 1.84 bits per heavy atom. The summed E-state index contributed by atoms with van der Waals surface area (Å²) < 4.78 is 6.20. The van der Waals surface area contributed by atoms with E-state index in [1.54, 1.807) is 0 Å². The zero-order valence-electron chi connectivity index (χ0n) is 12.2. The van der Waals surface area contributed by atoms with Gasteiger partial charge in [0.05, 0.1) is 0 Å². The maximum atomic E-state index is 6.20. The van der Waals surface area contributed by atoms with Gasteiger partial charge in [-0.1, -0.05) is 12.1 Å². The van der Waals surface area contributed by atoms with Crippen LogP contribution in [-0.4, -0.2) is 37.2 Å². The normalized spacial score (nSPS) is 19.3. The van der Waals surface area contributed by atoms with E-state index < -0.39 is 0 Å². The standard InChI is InChI=1S/C16H26N2O/c1-16(9-12-18(2)13-10-16)19-15-7-5-14(6-8-15)4-3-11-17/h5-8H,3-4,9-13,17H2,1-2H3. The van der Waals surface area contributed by atoms with E-state index in [9.17, 15) is 0 Å². The Kier molecular flexibility index (Phi) is 4.83. The van der Waals surface area contributed by atoms with Crippen LogP contribution in [0.4, 0.5) is 0 Å². The van der Waals surface area contributed by atoms with E-state index in [2.05, 4.69) is 43.1 Å². The lowest BCUT2D eigenvalue weighted by molar-refractivity contribution is 0.0241. The third-order valence-corrected chi connectivity index (χ3v) is 4.00. The van der Waals surface area contributed by atoms with Crippen LogP contribution < -0.4 is 10.5 Å². The molecule has 106 valence electrons. The fourth-order valence-electron chi connectivity index (χ4n) is 2.51. The molecule has 1 saturated heterocycles. The van der Waals surface area contributed by atoms with Crippen molar-refractivity contribution < 1.29 is 4.74 Å². The van der Waals surface area contributed by atoms with Crippen molar-refractivity contribution in [2.24, 2.45) is 5.73 Å². The summed E-state index contributed by atoms with van der Waals surface area (Å²) in [4.78, 5) is 2.36. The number of benzene rings is 1. The van der Waals surface area contributed by atoms with Crippen molar-refractivity contribution in [3.8, 4) is 5.75 Å². The predicted molar refractivity (Wildman–Crippen MR) is 79.6 cm³/mol. The molecule has 3 nitrogen and oxygen atoms in total. The van der Waals surface area contributed by atoms with E-state index in [4.69, 9.17) is 10.5 Å².